The Balaban J connectivity index is 1.89. The zero-order valence-electron chi connectivity index (χ0n) is 11.4. The summed E-state index contributed by atoms with van der Waals surface area (Å²) in [5, 5.41) is 11.5. The number of anilines is 1. The molecule has 21 heavy (non-hydrogen) atoms. The number of aliphatic carboxylic acids is 1. The number of alkyl halides is 2. The predicted molar refractivity (Wildman–Crippen MR) is 71.5 cm³/mol. The van der Waals surface area contributed by atoms with E-state index in [2.05, 4.69) is 10.3 Å². The topological polar surface area (TPSA) is 84.2 Å². The zero-order chi connectivity index (χ0) is 15.5. The van der Waals surface area contributed by atoms with Gasteiger partial charge in [-0.15, -0.1) is 0 Å². The average molecular weight is 301 g/mol. The van der Waals surface area contributed by atoms with Crippen LogP contribution in [0, 0.1) is 5.92 Å². The van der Waals surface area contributed by atoms with Gasteiger partial charge < -0.3 is 10.4 Å². The van der Waals surface area contributed by atoms with Gasteiger partial charge in [0.2, 0.25) is 5.92 Å². The molecule has 1 aliphatic rings. The first kappa shape index (κ1) is 15.4. The maximum Gasteiger partial charge on any atom is 0.323 e. The highest BCUT2D eigenvalue weighted by molar-refractivity contribution is 5.66. The molecule has 1 atom stereocenters. The molecule has 0 bridgehead atoms. The minimum atomic E-state index is -2.57. The molecule has 1 aromatic heterocycles. The summed E-state index contributed by atoms with van der Waals surface area (Å²) in [6.07, 6.45) is 3.45. The highest BCUT2D eigenvalue weighted by Crippen LogP contribution is 2.40. The second-order valence-electron chi connectivity index (χ2n) is 5.28. The summed E-state index contributed by atoms with van der Waals surface area (Å²) in [6, 6.07) is 0. The monoisotopic (exact) mass is 301 g/mol. The molecule has 2 rings (SSSR count). The molecule has 1 aliphatic carbocycles. The van der Waals surface area contributed by atoms with Crippen molar-refractivity contribution in [2.24, 2.45) is 5.92 Å². The molecule has 1 unspecified atom stereocenters. The number of hydrogen-bond acceptors (Lipinski definition) is 4. The van der Waals surface area contributed by atoms with Crippen molar-refractivity contribution in [3.63, 3.8) is 0 Å². The van der Waals surface area contributed by atoms with Gasteiger partial charge in [-0.2, -0.15) is 0 Å². The fourth-order valence-corrected chi connectivity index (χ4v) is 2.52. The molecule has 0 spiro atoms. The van der Waals surface area contributed by atoms with E-state index in [-0.39, 0.29) is 24.6 Å². The first-order chi connectivity index (χ1) is 9.87. The molecule has 0 amide bonds. The number of aromatic nitrogens is 2. The highest BCUT2D eigenvalue weighted by Gasteiger charge is 2.38. The van der Waals surface area contributed by atoms with Gasteiger partial charge in [-0.05, 0) is 18.8 Å². The van der Waals surface area contributed by atoms with Gasteiger partial charge in [0, 0.05) is 31.8 Å². The van der Waals surface area contributed by atoms with Gasteiger partial charge in [-0.1, -0.05) is 0 Å². The second-order valence-corrected chi connectivity index (χ2v) is 5.28. The predicted octanol–water partition coefficient (Wildman–Crippen LogP) is 1.57. The fourth-order valence-electron chi connectivity index (χ4n) is 2.52. The van der Waals surface area contributed by atoms with Crippen LogP contribution < -0.4 is 10.9 Å². The van der Waals surface area contributed by atoms with Crippen molar-refractivity contribution in [3.05, 3.63) is 22.7 Å². The molecule has 0 aromatic carbocycles. The van der Waals surface area contributed by atoms with Gasteiger partial charge in [0.05, 0.1) is 0 Å². The number of carbonyl (C=O) groups is 1. The van der Waals surface area contributed by atoms with Gasteiger partial charge in [0.25, 0.3) is 5.56 Å². The van der Waals surface area contributed by atoms with Crippen molar-refractivity contribution in [2.45, 2.75) is 38.2 Å². The number of nitrogens with zero attached hydrogens (tertiary/aromatic N) is 2. The maximum atomic E-state index is 13.0. The number of carboxylic acids is 1. The summed E-state index contributed by atoms with van der Waals surface area (Å²) in [6.45, 7) is -0.0784. The third-order valence-corrected chi connectivity index (χ3v) is 3.57. The first-order valence-electron chi connectivity index (χ1n) is 6.76. The molecule has 1 saturated carbocycles. The first-order valence-corrected chi connectivity index (χ1v) is 6.76. The summed E-state index contributed by atoms with van der Waals surface area (Å²) < 4.78 is 27.1. The SMILES string of the molecule is O=C(O)Cn1ccnc(NCCC2CCC(F)(F)C2)c1=O. The van der Waals surface area contributed by atoms with Crippen LogP contribution in [-0.4, -0.2) is 33.1 Å². The Bertz CT molecular complexity index is 574. The van der Waals surface area contributed by atoms with Crippen molar-refractivity contribution in [1.82, 2.24) is 9.55 Å². The van der Waals surface area contributed by atoms with E-state index in [4.69, 9.17) is 5.11 Å². The largest absolute Gasteiger partial charge is 0.480 e. The molecule has 1 aromatic rings. The minimum absolute atomic E-state index is 0.0449. The van der Waals surface area contributed by atoms with Gasteiger partial charge in [-0.3, -0.25) is 14.2 Å². The van der Waals surface area contributed by atoms with Gasteiger partial charge in [0.15, 0.2) is 5.82 Å². The quantitative estimate of drug-likeness (QED) is 0.833. The third-order valence-electron chi connectivity index (χ3n) is 3.57. The molecule has 1 heterocycles. The van der Waals surface area contributed by atoms with Crippen LogP contribution >= 0.6 is 0 Å². The Kier molecular flexibility index (Phi) is 4.54. The van der Waals surface area contributed by atoms with Gasteiger partial charge in [0.1, 0.15) is 6.54 Å². The Morgan fingerprint density at radius 3 is 2.95 bits per heavy atom. The lowest BCUT2D eigenvalue weighted by Gasteiger charge is -2.11. The number of hydrogen-bond donors (Lipinski definition) is 2. The van der Waals surface area contributed by atoms with Gasteiger partial charge >= 0.3 is 5.97 Å². The van der Waals surface area contributed by atoms with Crippen molar-refractivity contribution >= 4 is 11.8 Å². The lowest BCUT2D eigenvalue weighted by atomic mass is 10.0. The molecule has 2 N–H and O–H groups in total. The van der Waals surface area contributed by atoms with E-state index in [1.807, 2.05) is 0 Å². The van der Waals surface area contributed by atoms with E-state index in [9.17, 15) is 18.4 Å². The minimum Gasteiger partial charge on any atom is -0.480 e. The molecule has 6 nitrogen and oxygen atoms in total. The second kappa shape index (κ2) is 6.19. The van der Waals surface area contributed by atoms with Crippen LogP contribution in [-0.2, 0) is 11.3 Å². The zero-order valence-corrected chi connectivity index (χ0v) is 11.4. The van der Waals surface area contributed by atoms with Crippen molar-refractivity contribution in [1.29, 1.82) is 0 Å². The number of nitrogens with one attached hydrogen (secondary N) is 1. The average Bonchev–Trinajstić information content (AvgIpc) is 2.73. The van der Waals surface area contributed by atoms with E-state index < -0.39 is 24.0 Å². The van der Waals surface area contributed by atoms with E-state index >= 15 is 0 Å². The fraction of sp³-hybridized carbons (Fsp3) is 0.615. The lowest BCUT2D eigenvalue weighted by Crippen LogP contribution is -2.27. The smallest absolute Gasteiger partial charge is 0.323 e. The van der Waals surface area contributed by atoms with Crippen LogP contribution in [0.3, 0.4) is 0 Å². The Hall–Kier alpha value is -1.99. The summed E-state index contributed by atoms with van der Waals surface area (Å²) in [7, 11) is 0. The normalized spacial score (nSPS) is 20.4. The summed E-state index contributed by atoms with van der Waals surface area (Å²) >= 11 is 0. The molecule has 0 radical (unpaired) electrons. The molecular weight excluding hydrogens is 284 g/mol. The Morgan fingerprint density at radius 1 is 1.57 bits per heavy atom. The van der Waals surface area contributed by atoms with E-state index in [1.54, 1.807) is 0 Å². The lowest BCUT2D eigenvalue weighted by molar-refractivity contribution is -0.137. The van der Waals surface area contributed by atoms with Gasteiger partial charge in [-0.25, -0.2) is 13.8 Å². The molecular formula is C13H17F2N3O3. The summed E-state index contributed by atoms with van der Waals surface area (Å²) in [5.74, 6) is -3.70. The maximum absolute atomic E-state index is 13.0. The highest BCUT2D eigenvalue weighted by atomic mass is 19.3. The molecule has 1 fully saturated rings. The molecule has 116 valence electrons. The van der Waals surface area contributed by atoms with Crippen molar-refractivity contribution < 1.29 is 18.7 Å². The van der Waals surface area contributed by atoms with Crippen LogP contribution in [0.5, 0.6) is 0 Å². The van der Waals surface area contributed by atoms with Crippen LogP contribution in [0.15, 0.2) is 17.2 Å². The van der Waals surface area contributed by atoms with Crippen LogP contribution in [0.2, 0.25) is 0 Å². The van der Waals surface area contributed by atoms with Crippen LogP contribution in [0.4, 0.5) is 14.6 Å². The van der Waals surface area contributed by atoms with E-state index in [0.717, 1.165) is 4.57 Å². The molecule has 0 saturated heterocycles. The van der Waals surface area contributed by atoms with Crippen molar-refractivity contribution in [3.8, 4) is 0 Å². The third kappa shape index (κ3) is 4.24. The number of carboxylic acid groups (broad SMARTS) is 1. The summed E-state index contributed by atoms with van der Waals surface area (Å²) in [5.41, 5.74) is -0.531. The Labute approximate surface area is 119 Å². The van der Waals surface area contributed by atoms with Crippen LogP contribution in [0.25, 0.3) is 0 Å². The van der Waals surface area contributed by atoms with E-state index in [1.165, 1.54) is 12.4 Å². The molecule has 8 heteroatoms. The number of halogens is 2. The summed E-state index contributed by atoms with van der Waals surface area (Å²) in [4.78, 5) is 26.4. The number of rotatable bonds is 6. The van der Waals surface area contributed by atoms with Crippen molar-refractivity contribution in [2.75, 3.05) is 11.9 Å². The Morgan fingerprint density at radius 2 is 2.33 bits per heavy atom. The van der Waals surface area contributed by atoms with E-state index in [0.29, 0.717) is 19.4 Å². The molecule has 0 aliphatic heterocycles. The standard InChI is InChI=1S/C13H17F2N3O3/c14-13(15)3-1-9(7-13)2-4-16-11-12(21)18(6-5-17-11)8-10(19)20/h5-6,9H,1-4,7-8H2,(H,16,17)(H,19,20). The van der Waals surface area contributed by atoms with Crippen LogP contribution in [0.1, 0.15) is 25.7 Å².